The van der Waals surface area contributed by atoms with Crippen molar-refractivity contribution in [3.8, 4) is 16.9 Å². The SMILES string of the molecule is COCc1ccc(OC)c(-c2cc(C)ncc2C(=O)OC)c1. The van der Waals surface area contributed by atoms with E-state index in [4.69, 9.17) is 14.2 Å². The molecule has 1 aromatic heterocycles. The van der Waals surface area contributed by atoms with Crippen molar-refractivity contribution in [2.24, 2.45) is 0 Å². The number of nitrogens with zero attached hydrogens (tertiary/aromatic N) is 1. The van der Waals surface area contributed by atoms with Gasteiger partial charge in [-0.05, 0) is 30.7 Å². The van der Waals surface area contributed by atoms with Crippen LogP contribution in [-0.4, -0.2) is 32.3 Å². The van der Waals surface area contributed by atoms with Crippen LogP contribution in [0.2, 0.25) is 0 Å². The molecule has 1 aromatic carbocycles. The number of rotatable bonds is 5. The predicted octanol–water partition coefficient (Wildman–Crippen LogP) is 3.00. The second-order valence-electron chi connectivity index (χ2n) is 4.83. The largest absolute Gasteiger partial charge is 0.496 e. The van der Waals surface area contributed by atoms with Crippen LogP contribution in [0.15, 0.2) is 30.5 Å². The lowest BCUT2D eigenvalue weighted by Gasteiger charge is -2.14. The first-order valence-electron chi connectivity index (χ1n) is 6.82. The molecule has 0 amide bonds. The smallest absolute Gasteiger partial charge is 0.340 e. The topological polar surface area (TPSA) is 57.7 Å². The summed E-state index contributed by atoms with van der Waals surface area (Å²) in [6.45, 7) is 2.35. The Balaban J connectivity index is 2.66. The molecule has 0 saturated heterocycles. The summed E-state index contributed by atoms with van der Waals surface area (Å²) < 4.78 is 15.4. The van der Waals surface area contributed by atoms with Crippen molar-refractivity contribution in [3.63, 3.8) is 0 Å². The molecule has 0 bridgehead atoms. The fourth-order valence-corrected chi connectivity index (χ4v) is 2.28. The Morgan fingerprint density at radius 1 is 1.14 bits per heavy atom. The summed E-state index contributed by atoms with van der Waals surface area (Å²) in [5.74, 6) is 0.248. The maximum Gasteiger partial charge on any atom is 0.340 e. The molecule has 0 unspecified atom stereocenters. The van der Waals surface area contributed by atoms with E-state index in [1.165, 1.54) is 13.3 Å². The van der Waals surface area contributed by atoms with Crippen LogP contribution in [0.3, 0.4) is 0 Å². The minimum atomic E-state index is -0.429. The third-order valence-electron chi connectivity index (χ3n) is 3.31. The van der Waals surface area contributed by atoms with Crippen molar-refractivity contribution >= 4 is 5.97 Å². The molecule has 2 rings (SSSR count). The van der Waals surface area contributed by atoms with Gasteiger partial charge in [0.15, 0.2) is 0 Å². The van der Waals surface area contributed by atoms with Gasteiger partial charge in [0.1, 0.15) is 5.75 Å². The van der Waals surface area contributed by atoms with Gasteiger partial charge >= 0.3 is 5.97 Å². The fraction of sp³-hybridized carbons (Fsp3) is 0.294. The average Bonchev–Trinajstić information content (AvgIpc) is 2.54. The van der Waals surface area contributed by atoms with Gasteiger partial charge in [-0.3, -0.25) is 4.98 Å². The van der Waals surface area contributed by atoms with Crippen molar-refractivity contribution < 1.29 is 19.0 Å². The van der Waals surface area contributed by atoms with E-state index >= 15 is 0 Å². The second kappa shape index (κ2) is 7.04. The summed E-state index contributed by atoms with van der Waals surface area (Å²) in [5, 5.41) is 0. The van der Waals surface area contributed by atoms with E-state index in [2.05, 4.69) is 4.98 Å². The number of aryl methyl sites for hydroxylation is 1. The molecule has 22 heavy (non-hydrogen) atoms. The quantitative estimate of drug-likeness (QED) is 0.795. The highest BCUT2D eigenvalue weighted by Gasteiger charge is 2.17. The normalized spacial score (nSPS) is 10.4. The zero-order valence-corrected chi connectivity index (χ0v) is 13.2. The standard InChI is InChI=1S/C17H19NO4/c1-11-7-13(15(9-18-11)17(19)22-4)14-8-12(10-20-2)5-6-16(14)21-3/h5-9H,10H2,1-4H3. The molecule has 116 valence electrons. The van der Waals surface area contributed by atoms with E-state index < -0.39 is 5.97 Å². The number of carbonyl (C=O) groups is 1. The molecule has 0 spiro atoms. The molecule has 2 aromatic rings. The number of carbonyl (C=O) groups excluding carboxylic acids is 1. The van der Waals surface area contributed by atoms with Crippen LogP contribution in [0.4, 0.5) is 0 Å². The number of hydrogen-bond donors (Lipinski definition) is 0. The minimum Gasteiger partial charge on any atom is -0.496 e. The summed E-state index contributed by atoms with van der Waals surface area (Å²) in [4.78, 5) is 16.2. The molecule has 5 heteroatoms. The zero-order chi connectivity index (χ0) is 16.1. The number of pyridine rings is 1. The molecule has 0 aliphatic carbocycles. The van der Waals surface area contributed by atoms with Gasteiger partial charge in [-0.2, -0.15) is 0 Å². The van der Waals surface area contributed by atoms with Gasteiger partial charge in [-0.15, -0.1) is 0 Å². The molecule has 0 atom stereocenters. The van der Waals surface area contributed by atoms with Crippen LogP contribution >= 0.6 is 0 Å². The van der Waals surface area contributed by atoms with Gasteiger partial charge in [-0.25, -0.2) is 4.79 Å². The predicted molar refractivity (Wildman–Crippen MR) is 83.0 cm³/mol. The second-order valence-corrected chi connectivity index (χ2v) is 4.83. The Bertz CT molecular complexity index is 682. The summed E-state index contributed by atoms with van der Waals surface area (Å²) in [6, 6.07) is 7.59. The molecular weight excluding hydrogens is 282 g/mol. The lowest BCUT2D eigenvalue weighted by molar-refractivity contribution is 0.0601. The van der Waals surface area contributed by atoms with Crippen LogP contribution in [0.25, 0.3) is 11.1 Å². The van der Waals surface area contributed by atoms with Crippen molar-refractivity contribution in [1.29, 1.82) is 0 Å². The number of ether oxygens (including phenoxy) is 3. The summed E-state index contributed by atoms with van der Waals surface area (Å²) in [6.07, 6.45) is 1.53. The molecule has 0 aliphatic rings. The van der Waals surface area contributed by atoms with Crippen LogP contribution in [0, 0.1) is 6.92 Å². The number of aromatic nitrogens is 1. The third-order valence-corrected chi connectivity index (χ3v) is 3.31. The first-order valence-corrected chi connectivity index (χ1v) is 6.82. The highest BCUT2D eigenvalue weighted by atomic mass is 16.5. The molecule has 0 fully saturated rings. The number of esters is 1. The van der Waals surface area contributed by atoms with Gasteiger partial charge in [0.2, 0.25) is 0 Å². The van der Waals surface area contributed by atoms with Crippen LogP contribution in [-0.2, 0) is 16.1 Å². The molecule has 1 heterocycles. The lowest BCUT2D eigenvalue weighted by atomic mass is 9.98. The molecule has 0 radical (unpaired) electrons. The van der Waals surface area contributed by atoms with Crippen LogP contribution in [0.1, 0.15) is 21.6 Å². The van der Waals surface area contributed by atoms with E-state index in [9.17, 15) is 4.79 Å². The third kappa shape index (κ3) is 3.26. The Morgan fingerprint density at radius 2 is 1.91 bits per heavy atom. The first kappa shape index (κ1) is 16.0. The van der Waals surface area contributed by atoms with Gasteiger partial charge in [0, 0.05) is 30.1 Å². The number of methoxy groups -OCH3 is 3. The first-order chi connectivity index (χ1) is 10.6. The Labute approximate surface area is 129 Å². The molecular formula is C17H19NO4. The Morgan fingerprint density at radius 3 is 2.55 bits per heavy atom. The van der Waals surface area contributed by atoms with Gasteiger partial charge < -0.3 is 14.2 Å². The van der Waals surface area contributed by atoms with Gasteiger partial charge in [-0.1, -0.05) is 6.07 Å². The summed E-state index contributed by atoms with van der Waals surface area (Å²) >= 11 is 0. The number of hydrogen-bond acceptors (Lipinski definition) is 5. The van der Waals surface area contributed by atoms with Crippen molar-refractivity contribution in [3.05, 3.63) is 47.3 Å². The molecule has 0 aliphatic heterocycles. The summed E-state index contributed by atoms with van der Waals surface area (Å²) in [5.41, 5.74) is 3.74. The van der Waals surface area contributed by atoms with Gasteiger partial charge in [0.25, 0.3) is 0 Å². The highest BCUT2D eigenvalue weighted by molar-refractivity contribution is 5.97. The maximum absolute atomic E-state index is 12.0. The van der Waals surface area contributed by atoms with E-state index in [1.807, 2.05) is 31.2 Å². The Kier molecular flexibility index (Phi) is 5.12. The van der Waals surface area contributed by atoms with E-state index in [1.54, 1.807) is 14.2 Å². The van der Waals surface area contributed by atoms with Crippen molar-refractivity contribution in [1.82, 2.24) is 4.98 Å². The van der Waals surface area contributed by atoms with Crippen molar-refractivity contribution in [2.75, 3.05) is 21.3 Å². The monoisotopic (exact) mass is 301 g/mol. The Hall–Kier alpha value is -2.40. The molecule has 5 nitrogen and oxygen atoms in total. The molecule has 0 N–H and O–H groups in total. The minimum absolute atomic E-state index is 0.404. The van der Waals surface area contributed by atoms with Crippen LogP contribution < -0.4 is 4.74 Å². The average molecular weight is 301 g/mol. The highest BCUT2D eigenvalue weighted by Crippen LogP contribution is 2.34. The van der Waals surface area contributed by atoms with E-state index in [-0.39, 0.29) is 0 Å². The number of benzene rings is 1. The van der Waals surface area contributed by atoms with Crippen LogP contribution in [0.5, 0.6) is 5.75 Å². The summed E-state index contributed by atoms with van der Waals surface area (Å²) in [7, 11) is 4.59. The lowest BCUT2D eigenvalue weighted by Crippen LogP contribution is -2.06. The maximum atomic E-state index is 12.0. The van der Waals surface area contributed by atoms with E-state index in [0.29, 0.717) is 17.9 Å². The van der Waals surface area contributed by atoms with Gasteiger partial charge in [0.05, 0.1) is 26.4 Å². The van der Waals surface area contributed by atoms with Crippen molar-refractivity contribution in [2.45, 2.75) is 13.5 Å². The van der Waals surface area contributed by atoms with E-state index in [0.717, 1.165) is 22.4 Å². The molecule has 0 saturated carbocycles. The fourth-order valence-electron chi connectivity index (χ4n) is 2.28. The zero-order valence-electron chi connectivity index (χ0n) is 13.2.